The van der Waals surface area contributed by atoms with Crippen molar-refractivity contribution in [3.8, 4) is 0 Å². The number of nitrogens with zero attached hydrogens (tertiary/aromatic N) is 2. The molecule has 0 radical (unpaired) electrons. The van der Waals surface area contributed by atoms with E-state index in [1.807, 2.05) is 17.8 Å². The molecule has 0 saturated heterocycles. The van der Waals surface area contributed by atoms with E-state index in [0.29, 0.717) is 6.04 Å². The zero-order chi connectivity index (χ0) is 12.8. The number of hydrogen-bond acceptors (Lipinski definition) is 2. The van der Waals surface area contributed by atoms with Gasteiger partial charge >= 0.3 is 0 Å². The summed E-state index contributed by atoms with van der Waals surface area (Å²) in [4.78, 5) is 0. The van der Waals surface area contributed by atoms with Crippen LogP contribution in [0.25, 0.3) is 0 Å². The molecule has 0 fully saturated rings. The number of halogens is 1. The van der Waals surface area contributed by atoms with Gasteiger partial charge in [0.15, 0.2) is 0 Å². The summed E-state index contributed by atoms with van der Waals surface area (Å²) in [5.41, 5.74) is 2.39. The van der Waals surface area contributed by atoms with Crippen LogP contribution >= 0.6 is 15.9 Å². The van der Waals surface area contributed by atoms with Crippen LogP contribution in [-0.2, 0) is 19.9 Å². The highest BCUT2D eigenvalue weighted by molar-refractivity contribution is 9.10. The third-order valence-corrected chi connectivity index (χ3v) is 3.80. The van der Waals surface area contributed by atoms with Gasteiger partial charge in [-0.1, -0.05) is 19.9 Å². The minimum Gasteiger partial charge on any atom is -0.314 e. The van der Waals surface area contributed by atoms with Crippen molar-refractivity contribution >= 4 is 15.9 Å². The van der Waals surface area contributed by atoms with E-state index in [2.05, 4.69) is 46.8 Å². The van der Waals surface area contributed by atoms with Gasteiger partial charge in [-0.3, -0.25) is 4.68 Å². The lowest BCUT2D eigenvalue weighted by molar-refractivity contribution is 0.511. The van der Waals surface area contributed by atoms with Crippen LogP contribution in [0, 0.1) is 0 Å². The molecule has 0 aromatic carbocycles. The van der Waals surface area contributed by atoms with Gasteiger partial charge < -0.3 is 5.32 Å². The zero-order valence-corrected chi connectivity index (χ0v) is 12.5. The van der Waals surface area contributed by atoms with Gasteiger partial charge in [-0.05, 0) is 35.3 Å². The Kier molecular flexibility index (Phi) is 5.92. The highest BCUT2D eigenvalue weighted by atomic mass is 79.9. The molecule has 0 aliphatic heterocycles. The summed E-state index contributed by atoms with van der Waals surface area (Å²) in [6, 6.07) is 0.439. The minimum atomic E-state index is 0.439. The summed E-state index contributed by atoms with van der Waals surface area (Å²) in [6.45, 7) is 9.06. The number of rotatable bonds is 7. The number of nitrogens with one attached hydrogen (secondary N) is 1. The molecule has 1 heterocycles. The van der Waals surface area contributed by atoms with Crippen molar-refractivity contribution in [2.75, 3.05) is 6.54 Å². The summed E-state index contributed by atoms with van der Waals surface area (Å²) in [6.07, 6.45) is 4.89. The summed E-state index contributed by atoms with van der Waals surface area (Å²) >= 11 is 3.66. The third kappa shape index (κ3) is 3.68. The molecule has 1 aromatic heterocycles. The second-order valence-corrected chi connectivity index (χ2v) is 4.96. The quantitative estimate of drug-likeness (QED) is 0.785. The monoisotopic (exact) mass is 299 g/mol. The normalized spacial score (nSPS) is 12.7. The van der Waals surface area contributed by atoms with Gasteiger partial charge in [-0.2, -0.15) is 5.10 Å². The van der Waals surface area contributed by atoms with Gasteiger partial charge in [0, 0.05) is 19.5 Å². The smallest absolute Gasteiger partial charge is 0.0766 e. The summed E-state index contributed by atoms with van der Waals surface area (Å²) < 4.78 is 3.14. The summed E-state index contributed by atoms with van der Waals surface area (Å²) in [5, 5.41) is 8.00. The average molecular weight is 300 g/mol. The molecule has 17 heavy (non-hydrogen) atoms. The first kappa shape index (κ1) is 14.5. The molecule has 1 rings (SSSR count). The first-order valence-electron chi connectivity index (χ1n) is 6.18. The molecule has 0 bridgehead atoms. The van der Waals surface area contributed by atoms with Crippen molar-refractivity contribution < 1.29 is 0 Å². The van der Waals surface area contributed by atoms with Crippen molar-refractivity contribution in [3.63, 3.8) is 0 Å². The molecule has 1 aromatic rings. The molecule has 0 aliphatic carbocycles. The lowest BCUT2D eigenvalue weighted by Crippen LogP contribution is -2.31. The first-order valence-corrected chi connectivity index (χ1v) is 6.97. The van der Waals surface area contributed by atoms with Crippen LogP contribution in [0.3, 0.4) is 0 Å². The van der Waals surface area contributed by atoms with E-state index in [9.17, 15) is 0 Å². The number of aromatic nitrogens is 2. The Labute approximate surface area is 112 Å². The van der Waals surface area contributed by atoms with E-state index in [1.165, 1.54) is 5.69 Å². The highest BCUT2D eigenvalue weighted by Gasteiger charge is 2.16. The van der Waals surface area contributed by atoms with E-state index in [4.69, 9.17) is 0 Å². The van der Waals surface area contributed by atoms with Crippen molar-refractivity contribution in [2.24, 2.45) is 7.05 Å². The minimum absolute atomic E-state index is 0.439. The fourth-order valence-electron chi connectivity index (χ4n) is 2.00. The standard InChI is InChI=1S/C13H22BrN3/c1-5-8-10(15-7-3)9-12-13(14)11(6-2)16-17(12)4/h5,10,15H,1,6-9H2,2-4H3. The predicted molar refractivity (Wildman–Crippen MR) is 76.3 cm³/mol. The number of aryl methyl sites for hydroxylation is 2. The number of hydrogen-bond donors (Lipinski definition) is 1. The Balaban J connectivity index is 2.84. The van der Waals surface area contributed by atoms with Gasteiger partial charge in [0.25, 0.3) is 0 Å². The lowest BCUT2D eigenvalue weighted by atomic mass is 10.1. The predicted octanol–water partition coefficient (Wildman–Crippen LogP) is 2.84. The van der Waals surface area contributed by atoms with Crippen LogP contribution in [0.15, 0.2) is 17.1 Å². The van der Waals surface area contributed by atoms with Crippen LogP contribution in [0.4, 0.5) is 0 Å². The fraction of sp³-hybridized carbons (Fsp3) is 0.615. The van der Waals surface area contributed by atoms with Crippen molar-refractivity contribution in [3.05, 3.63) is 28.5 Å². The van der Waals surface area contributed by atoms with Crippen molar-refractivity contribution in [2.45, 2.75) is 39.2 Å². The van der Waals surface area contributed by atoms with E-state index < -0.39 is 0 Å². The molecule has 0 aliphatic rings. The van der Waals surface area contributed by atoms with Gasteiger partial charge in [-0.15, -0.1) is 6.58 Å². The van der Waals surface area contributed by atoms with Gasteiger partial charge in [0.2, 0.25) is 0 Å². The maximum absolute atomic E-state index is 4.52. The average Bonchev–Trinajstić information content (AvgIpc) is 2.57. The molecule has 1 atom stereocenters. The van der Waals surface area contributed by atoms with Gasteiger partial charge in [0.05, 0.1) is 15.9 Å². The Bertz CT molecular complexity index is 371. The second-order valence-electron chi connectivity index (χ2n) is 4.17. The molecule has 3 nitrogen and oxygen atoms in total. The van der Waals surface area contributed by atoms with Crippen LogP contribution in [0.5, 0.6) is 0 Å². The molecule has 0 saturated carbocycles. The van der Waals surface area contributed by atoms with Crippen LogP contribution < -0.4 is 5.32 Å². The Morgan fingerprint density at radius 2 is 2.24 bits per heavy atom. The molecule has 0 spiro atoms. The van der Waals surface area contributed by atoms with Gasteiger partial charge in [0.1, 0.15) is 0 Å². The Morgan fingerprint density at radius 3 is 2.71 bits per heavy atom. The molecular weight excluding hydrogens is 278 g/mol. The van der Waals surface area contributed by atoms with Crippen molar-refractivity contribution in [1.82, 2.24) is 15.1 Å². The van der Waals surface area contributed by atoms with Gasteiger partial charge in [-0.25, -0.2) is 0 Å². The lowest BCUT2D eigenvalue weighted by Gasteiger charge is -2.16. The molecule has 1 N–H and O–H groups in total. The highest BCUT2D eigenvalue weighted by Crippen LogP contribution is 2.23. The third-order valence-electron chi connectivity index (χ3n) is 2.89. The molecule has 4 heteroatoms. The van der Waals surface area contributed by atoms with E-state index >= 15 is 0 Å². The molecule has 96 valence electrons. The molecule has 1 unspecified atom stereocenters. The van der Waals surface area contributed by atoms with E-state index in [-0.39, 0.29) is 0 Å². The SMILES string of the molecule is C=CCC(Cc1c(Br)c(CC)nn1C)NCC. The maximum Gasteiger partial charge on any atom is 0.0766 e. The summed E-state index contributed by atoms with van der Waals surface area (Å²) in [7, 11) is 2.01. The number of likely N-dealkylation sites (N-methyl/N-ethyl adjacent to an activating group) is 1. The Hall–Kier alpha value is -0.610. The first-order chi connectivity index (χ1) is 8.13. The second kappa shape index (κ2) is 6.97. The largest absolute Gasteiger partial charge is 0.314 e. The maximum atomic E-state index is 4.52. The fourth-order valence-corrected chi connectivity index (χ4v) is 2.78. The summed E-state index contributed by atoms with van der Waals surface area (Å²) in [5.74, 6) is 0. The zero-order valence-electron chi connectivity index (χ0n) is 11.0. The van der Waals surface area contributed by atoms with E-state index in [1.54, 1.807) is 0 Å². The van der Waals surface area contributed by atoms with Crippen LogP contribution in [0.1, 0.15) is 31.7 Å². The molecular formula is C13H22BrN3. The van der Waals surface area contributed by atoms with Crippen LogP contribution in [-0.4, -0.2) is 22.4 Å². The Morgan fingerprint density at radius 1 is 1.53 bits per heavy atom. The topological polar surface area (TPSA) is 29.9 Å². The molecule has 0 amide bonds. The van der Waals surface area contributed by atoms with Crippen molar-refractivity contribution in [1.29, 1.82) is 0 Å². The van der Waals surface area contributed by atoms with Crippen LogP contribution in [0.2, 0.25) is 0 Å². The van der Waals surface area contributed by atoms with E-state index in [0.717, 1.165) is 36.0 Å².